The van der Waals surface area contributed by atoms with Gasteiger partial charge >= 0.3 is 0 Å². The van der Waals surface area contributed by atoms with Gasteiger partial charge in [-0.15, -0.1) is 0 Å². The van der Waals surface area contributed by atoms with Crippen LogP contribution in [0.25, 0.3) is 11.3 Å². The molecule has 0 radical (unpaired) electrons. The largest absolute Gasteiger partial charge is 0.354 e. The number of nitrogens with zero attached hydrogens (tertiary/aromatic N) is 4. The van der Waals surface area contributed by atoms with Crippen molar-refractivity contribution >= 4 is 11.8 Å². The maximum atomic E-state index is 4.84. The molecule has 1 fully saturated rings. The first-order valence-corrected chi connectivity index (χ1v) is 9.85. The topological polar surface area (TPSA) is 44.3 Å². The van der Waals surface area contributed by atoms with Gasteiger partial charge in [0.1, 0.15) is 5.82 Å². The van der Waals surface area contributed by atoms with Crippen LogP contribution in [0.3, 0.4) is 0 Å². The van der Waals surface area contributed by atoms with Gasteiger partial charge in [0.25, 0.3) is 0 Å². The van der Waals surface area contributed by atoms with Crippen LogP contribution in [0.1, 0.15) is 11.1 Å². The zero-order valence-electron chi connectivity index (χ0n) is 16.6. The minimum atomic E-state index is 0.679. The van der Waals surface area contributed by atoms with E-state index < -0.39 is 0 Å². The highest BCUT2D eigenvalue weighted by molar-refractivity contribution is 5.65. The van der Waals surface area contributed by atoms with Crippen LogP contribution in [0.2, 0.25) is 0 Å². The highest BCUT2D eigenvalue weighted by atomic mass is 15.3. The molecule has 5 nitrogen and oxygen atoms in total. The smallest absolute Gasteiger partial charge is 0.225 e. The number of hydrogen-bond acceptors (Lipinski definition) is 5. The van der Waals surface area contributed by atoms with Crippen LogP contribution in [0.5, 0.6) is 0 Å². The summed E-state index contributed by atoms with van der Waals surface area (Å²) in [7, 11) is 2.17. The SMILES string of the molecule is Cc1ccccc1CNc1nc(-c2ccccc2)cc(N2CCN(C)CC2)n1. The molecule has 28 heavy (non-hydrogen) atoms. The molecule has 1 saturated heterocycles. The molecule has 0 spiro atoms. The van der Waals surface area contributed by atoms with E-state index in [1.165, 1.54) is 11.1 Å². The Hall–Kier alpha value is -2.92. The first-order chi connectivity index (χ1) is 13.7. The Kier molecular flexibility index (Phi) is 5.53. The zero-order valence-corrected chi connectivity index (χ0v) is 16.6. The maximum absolute atomic E-state index is 4.84. The summed E-state index contributed by atoms with van der Waals surface area (Å²) in [5, 5.41) is 3.44. The van der Waals surface area contributed by atoms with Crippen molar-refractivity contribution in [3.05, 3.63) is 71.8 Å². The van der Waals surface area contributed by atoms with E-state index in [4.69, 9.17) is 9.97 Å². The van der Waals surface area contributed by atoms with Crippen molar-refractivity contribution in [2.75, 3.05) is 43.4 Å². The number of piperazine rings is 1. The predicted molar refractivity (Wildman–Crippen MR) is 116 cm³/mol. The van der Waals surface area contributed by atoms with Crippen molar-refractivity contribution in [3.8, 4) is 11.3 Å². The third kappa shape index (κ3) is 4.31. The Morgan fingerprint density at radius 2 is 1.61 bits per heavy atom. The van der Waals surface area contributed by atoms with E-state index in [2.05, 4.69) is 71.6 Å². The summed E-state index contributed by atoms with van der Waals surface area (Å²) in [6.07, 6.45) is 0. The molecule has 0 atom stereocenters. The predicted octanol–water partition coefficient (Wildman–Crippen LogP) is 3.82. The molecule has 0 saturated carbocycles. The molecule has 0 aliphatic carbocycles. The lowest BCUT2D eigenvalue weighted by Gasteiger charge is -2.33. The quantitative estimate of drug-likeness (QED) is 0.737. The van der Waals surface area contributed by atoms with Gasteiger partial charge in [-0.3, -0.25) is 0 Å². The van der Waals surface area contributed by atoms with Crippen LogP contribution in [0.15, 0.2) is 60.7 Å². The third-order valence-corrected chi connectivity index (χ3v) is 5.31. The fourth-order valence-electron chi connectivity index (χ4n) is 3.45. The lowest BCUT2D eigenvalue weighted by Crippen LogP contribution is -2.44. The Labute approximate surface area is 167 Å². The minimum Gasteiger partial charge on any atom is -0.354 e. The average Bonchev–Trinajstić information content (AvgIpc) is 2.74. The first kappa shape index (κ1) is 18.4. The Morgan fingerprint density at radius 3 is 2.36 bits per heavy atom. The Balaban J connectivity index is 1.63. The Bertz CT molecular complexity index is 917. The second-order valence-electron chi connectivity index (χ2n) is 7.37. The molecule has 1 aromatic heterocycles. The van der Waals surface area contributed by atoms with Crippen LogP contribution < -0.4 is 10.2 Å². The third-order valence-electron chi connectivity index (χ3n) is 5.31. The fourth-order valence-corrected chi connectivity index (χ4v) is 3.45. The second kappa shape index (κ2) is 8.40. The van der Waals surface area contributed by atoms with E-state index in [0.717, 1.165) is 43.3 Å². The molecule has 0 bridgehead atoms. The molecule has 5 heteroatoms. The molecule has 2 aromatic carbocycles. The second-order valence-corrected chi connectivity index (χ2v) is 7.37. The van der Waals surface area contributed by atoms with Crippen molar-refractivity contribution in [2.45, 2.75) is 13.5 Å². The van der Waals surface area contributed by atoms with Crippen molar-refractivity contribution in [3.63, 3.8) is 0 Å². The lowest BCUT2D eigenvalue weighted by molar-refractivity contribution is 0.312. The van der Waals surface area contributed by atoms with Crippen LogP contribution in [0.4, 0.5) is 11.8 Å². The standard InChI is InChI=1S/C23H27N5/c1-18-8-6-7-11-20(18)17-24-23-25-21(19-9-4-3-5-10-19)16-22(26-23)28-14-12-27(2)13-15-28/h3-11,16H,12-15,17H2,1-2H3,(H,24,25,26). The summed E-state index contributed by atoms with van der Waals surface area (Å²) in [6, 6.07) is 20.8. The van der Waals surface area contributed by atoms with E-state index in [9.17, 15) is 0 Å². The molecule has 0 unspecified atom stereocenters. The summed E-state index contributed by atoms with van der Waals surface area (Å²) in [5.41, 5.74) is 4.60. The van der Waals surface area contributed by atoms with Crippen molar-refractivity contribution in [1.29, 1.82) is 0 Å². The number of nitrogens with one attached hydrogen (secondary N) is 1. The molecular formula is C23H27N5. The van der Waals surface area contributed by atoms with Gasteiger partial charge in [-0.1, -0.05) is 54.6 Å². The van der Waals surface area contributed by atoms with Crippen LogP contribution >= 0.6 is 0 Å². The molecule has 2 heterocycles. The van der Waals surface area contributed by atoms with E-state index in [0.29, 0.717) is 12.5 Å². The van der Waals surface area contributed by atoms with Crippen molar-refractivity contribution < 1.29 is 0 Å². The molecule has 0 amide bonds. The van der Waals surface area contributed by atoms with Crippen molar-refractivity contribution in [2.24, 2.45) is 0 Å². The summed E-state index contributed by atoms with van der Waals surface area (Å²) < 4.78 is 0. The number of rotatable bonds is 5. The number of anilines is 2. The summed E-state index contributed by atoms with van der Waals surface area (Å²) in [4.78, 5) is 14.3. The number of aryl methyl sites for hydroxylation is 1. The monoisotopic (exact) mass is 373 g/mol. The molecule has 3 aromatic rings. The van der Waals surface area contributed by atoms with Gasteiger partial charge in [0.05, 0.1) is 5.69 Å². The van der Waals surface area contributed by atoms with E-state index in [1.54, 1.807) is 0 Å². The van der Waals surface area contributed by atoms with Gasteiger partial charge in [-0.25, -0.2) is 4.98 Å². The number of aromatic nitrogens is 2. The summed E-state index contributed by atoms with van der Waals surface area (Å²) in [5.74, 6) is 1.67. The van der Waals surface area contributed by atoms with Crippen molar-refractivity contribution in [1.82, 2.24) is 14.9 Å². The van der Waals surface area contributed by atoms with E-state index in [1.807, 2.05) is 18.2 Å². The molecule has 1 aliphatic heterocycles. The average molecular weight is 374 g/mol. The van der Waals surface area contributed by atoms with Gasteiger partial charge in [0.2, 0.25) is 5.95 Å². The summed E-state index contributed by atoms with van der Waals surface area (Å²) >= 11 is 0. The number of likely N-dealkylation sites (N-methyl/N-ethyl adjacent to an activating group) is 1. The zero-order chi connectivity index (χ0) is 19.3. The van der Waals surface area contributed by atoms with Crippen LogP contribution in [-0.2, 0) is 6.54 Å². The lowest BCUT2D eigenvalue weighted by atomic mass is 10.1. The molecular weight excluding hydrogens is 346 g/mol. The highest BCUT2D eigenvalue weighted by Crippen LogP contribution is 2.24. The van der Waals surface area contributed by atoms with Gasteiger partial charge in [0, 0.05) is 44.4 Å². The fraction of sp³-hybridized carbons (Fsp3) is 0.304. The normalized spacial score (nSPS) is 14.9. The summed E-state index contributed by atoms with van der Waals surface area (Å²) in [6.45, 7) is 6.92. The first-order valence-electron chi connectivity index (χ1n) is 9.85. The minimum absolute atomic E-state index is 0.679. The maximum Gasteiger partial charge on any atom is 0.225 e. The number of benzene rings is 2. The molecule has 4 rings (SSSR count). The Morgan fingerprint density at radius 1 is 0.893 bits per heavy atom. The molecule has 1 aliphatic rings. The van der Waals surface area contributed by atoms with Gasteiger partial charge in [0.15, 0.2) is 0 Å². The number of hydrogen-bond donors (Lipinski definition) is 1. The molecule has 1 N–H and O–H groups in total. The van der Waals surface area contributed by atoms with Gasteiger partial charge in [-0.2, -0.15) is 4.98 Å². The van der Waals surface area contributed by atoms with Gasteiger partial charge in [-0.05, 0) is 25.1 Å². The molecule has 144 valence electrons. The highest BCUT2D eigenvalue weighted by Gasteiger charge is 2.17. The van der Waals surface area contributed by atoms with Gasteiger partial charge < -0.3 is 15.1 Å². The van der Waals surface area contributed by atoms with E-state index in [-0.39, 0.29) is 0 Å². The van der Waals surface area contributed by atoms with E-state index >= 15 is 0 Å². The van der Waals surface area contributed by atoms with Crippen LogP contribution in [-0.4, -0.2) is 48.1 Å². The van der Waals surface area contributed by atoms with Crippen LogP contribution in [0, 0.1) is 6.92 Å².